The molecule has 0 fully saturated rings. The van der Waals surface area contributed by atoms with Crippen LogP contribution in [0.15, 0.2) is 18.2 Å². The van der Waals surface area contributed by atoms with Crippen molar-refractivity contribution in [3.63, 3.8) is 0 Å². The number of rotatable bonds is 5. The van der Waals surface area contributed by atoms with E-state index in [9.17, 15) is 13.6 Å². The van der Waals surface area contributed by atoms with E-state index in [2.05, 4.69) is 20.8 Å². The number of carbonyl (C=O) groups excluding carboxylic acids is 1. The van der Waals surface area contributed by atoms with E-state index in [1.807, 2.05) is 11.9 Å². The molecule has 0 aromatic heterocycles. The van der Waals surface area contributed by atoms with Crippen molar-refractivity contribution in [2.24, 2.45) is 5.41 Å². The predicted molar refractivity (Wildman–Crippen MR) is 72.3 cm³/mol. The Morgan fingerprint density at radius 1 is 1.16 bits per heavy atom. The minimum Gasteiger partial charge on any atom is -0.305 e. The fourth-order valence-electron chi connectivity index (χ4n) is 2.04. The van der Waals surface area contributed by atoms with Gasteiger partial charge >= 0.3 is 0 Å². The highest BCUT2D eigenvalue weighted by Crippen LogP contribution is 2.15. The van der Waals surface area contributed by atoms with E-state index in [0.29, 0.717) is 6.54 Å². The molecular formula is C15H21F2NO. The second-order valence-electron chi connectivity index (χ2n) is 6.13. The molecule has 19 heavy (non-hydrogen) atoms. The highest BCUT2D eigenvalue weighted by Gasteiger charge is 2.15. The van der Waals surface area contributed by atoms with Gasteiger partial charge in [-0.2, -0.15) is 0 Å². The van der Waals surface area contributed by atoms with Gasteiger partial charge in [-0.15, -0.1) is 0 Å². The van der Waals surface area contributed by atoms with Gasteiger partial charge < -0.3 is 4.90 Å². The molecule has 0 amide bonds. The summed E-state index contributed by atoms with van der Waals surface area (Å²) in [4.78, 5) is 13.9. The number of ketones is 1. The Labute approximate surface area is 113 Å². The Balaban J connectivity index is 2.56. The average Bonchev–Trinajstić information content (AvgIpc) is 2.22. The number of nitrogens with zero attached hydrogens (tertiary/aromatic N) is 1. The van der Waals surface area contributed by atoms with E-state index in [0.717, 1.165) is 24.7 Å². The van der Waals surface area contributed by atoms with Crippen LogP contribution in [0.3, 0.4) is 0 Å². The van der Waals surface area contributed by atoms with E-state index in [1.54, 1.807) is 0 Å². The highest BCUT2D eigenvalue weighted by molar-refractivity contribution is 5.96. The summed E-state index contributed by atoms with van der Waals surface area (Å²) in [5.41, 5.74) is 0.254. The van der Waals surface area contributed by atoms with E-state index in [1.165, 1.54) is 0 Å². The first-order chi connectivity index (χ1) is 8.67. The molecule has 0 spiro atoms. The molecule has 0 N–H and O–H groups in total. The first-order valence-corrected chi connectivity index (χ1v) is 6.35. The Hall–Kier alpha value is -1.29. The second-order valence-corrected chi connectivity index (χ2v) is 6.13. The van der Waals surface area contributed by atoms with Gasteiger partial charge in [0.1, 0.15) is 11.6 Å². The maximum atomic E-state index is 13.0. The molecule has 0 aliphatic heterocycles. The molecule has 0 radical (unpaired) electrons. The Bertz CT molecular complexity index is 432. The quantitative estimate of drug-likeness (QED) is 0.762. The summed E-state index contributed by atoms with van der Waals surface area (Å²) in [6.45, 7) is 7.79. The van der Waals surface area contributed by atoms with Crippen LogP contribution in [0.5, 0.6) is 0 Å². The van der Waals surface area contributed by atoms with Gasteiger partial charge in [0.2, 0.25) is 0 Å². The largest absolute Gasteiger partial charge is 0.305 e. The Kier molecular flexibility index (Phi) is 5.18. The van der Waals surface area contributed by atoms with Crippen LogP contribution in [0, 0.1) is 17.0 Å². The Morgan fingerprint density at radius 3 is 2.16 bits per heavy atom. The van der Waals surface area contributed by atoms with Crippen LogP contribution < -0.4 is 0 Å². The molecule has 0 atom stereocenters. The van der Waals surface area contributed by atoms with Gasteiger partial charge in [-0.1, -0.05) is 20.8 Å². The maximum absolute atomic E-state index is 13.0. The molecular weight excluding hydrogens is 248 g/mol. The van der Waals surface area contributed by atoms with Gasteiger partial charge in [-0.3, -0.25) is 4.79 Å². The van der Waals surface area contributed by atoms with Crippen molar-refractivity contribution < 1.29 is 13.6 Å². The fraction of sp³-hybridized carbons (Fsp3) is 0.533. The summed E-state index contributed by atoms with van der Waals surface area (Å²) in [7, 11) is 1.94. The van der Waals surface area contributed by atoms with Crippen LogP contribution in [0.1, 0.15) is 37.6 Å². The summed E-state index contributed by atoms with van der Waals surface area (Å²) < 4.78 is 26.0. The molecule has 0 heterocycles. The van der Waals surface area contributed by atoms with Crippen LogP contribution in [-0.4, -0.2) is 30.8 Å². The van der Waals surface area contributed by atoms with Gasteiger partial charge in [0.15, 0.2) is 5.78 Å². The number of benzene rings is 1. The van der Waals surface area contributed by atoms with Crippen molar-refractivity contribution in [3.8, 4) is 0 Å². The molecule has 0 saturated heterocycles. The first kappa shape index (κ1) is 15.8. The third kappa shape index (κ3) is 5.92. The fourth-order valence-corrected chi connectivity index (χ4v) is 2.04. The molecule has 1 aromatic carbocycles. The molecule has 0 saturated carbocycles. The van der Waals surface area contributed by atoms with Gasteiger partial charge in [-0.25, -0.2) is 8.78 Å². The number of halogens is 2. The van der Waals surface area contributed by atoms with E-state index >= 15 is 0 Å². The van der Waals surface area contributed by atoms with Crippen molar-refractivity contribution in [3.05, 3.63) is 35.4 Å². The third-order valence-corrected chi connectivity index (χ3v) is 2.65. The molecule has 0 unspecified atom stereocenters. The van der Waals surface area contributed by atoms with E-state index < -0.39 is 11.6 Å². The SMILES string of the molecule is CN(CCC(=O)c1cc(F)cc(F)c1)CC(C)(C)C. The standard InChI is InChI=1S/C15H21F2NO/c1-15(2,3)10-18(4)6-5-14(19)11-7-12(16)9-13(17)8-11/h7-9H,5-6,10H2,1-4H3. The summed E-state index contributed by atoms with van der Waals surface area (Å²) >= 11 is 0. The minimum absolute atomic E-state index is 0.0988. The molecule has 0 bridgehead atoms. The summed E-state index contributed by atoms with van der Waals surface area (Å²) in [6, 6.07) is 2.92. The predicted octanol–water partition coefficient (Wildman–Crippen LogP) is 3.52. The van der Waals surface area contributed by atoms with Crippen molar-refractivity contribution in [1.82, 2.24) is 4.90 Å². The van der Waals surface area contributed by atoms with Crippen LogP contribution in [0.25, 0.3) is 0 Å². The monoisotopic (exact) mass is 269 g/mol. The zero-order valence-electron chi connectivity index (χ0n) is 12.0. The summed E-state index contributed by atoms with van der Waals surface area (Å²) in [5, 5.41) is 0. The average molecular weight is 269 g/mol. The van der Waals surface area contributed by atoms with Gasteiger partial charge in [-0.05, 0) is 24.6 Å². The van der Waals surface area contributed by atoms with E-state index in [4.69, 9.17) is 0 Å². The summed E-state index contributed by atoms with van der Waals surface area (Å²) in [5.74, 6) is -1.67. The molecule has 0 aliphatic carbocycles. The lowest BCUT2D eigenvalue weighted by Gasteiger charge is -2.26. The molecule has 0 aliphatic rings. The van der Waals surface area contributed by atoms with Gasteiger partial charge in [0, 0.05) is 31.1 Å². The van der Waals surface area contributed by atoms with Gasteiger partial charge in [0.25, 0.3) is 0 Å². The van der Waals surface area contributed by atoms with Crippen LogP contribution in [0.4, 0.5) is 8.78 Å². The second kappa shape index (κ2) is 6.24. The molecule has 106 valence electrons. The Morgan fingerprint density at radius 2 is 1.68 bits per heavy atom. The lowest BCUT2D eigenvalue weighted by Crippen LogP contribution is -2.31. The minimum atomic E-state index is -0.716. The topological polar surface area (TPSA) is 20.3 Å². The summed E-state index contributed by atoms with van der Waals surface area (Å²) in [6.07, 6.45) is 0.259. The van der Waals surface area contributed by atoms with Crippen LogP contribution >= 0.6 is 0 Å². The number of hydrogen-bond donors (Lipinski definition) is 0. The van der Waals surface area contributed by atoms with Crippen LogP contribution in [-0.2, 0) is 0 Å². The van der Waals surface area contributed by atoms with Crippen molar-refractivity contribution >= 4 is 5.78 Å². The zero-order chi connectivity index (χ0) is 14.6. The first-order valence-electron chi connectivity index (χ1n) is 6.35. The van der Waals surface area contributed by atoms with Crippen molar-refractivity contribution in [2.75, 3.05) is 20.1 Å². The smallest absolute Gasteiger partial charge is 0.164 e. The maximum Gasteiger partial charge on any atom is 0.164 e. The molecule has 1 rings (SSSR count). The van der Waals surface area contributed by atoms with E-state index in [-0.39, 0.29) is 23.2 Å². The lowest BCUT2D eigenvalue weighted by atomic mass is 9.96. The molecule has 4 heteroatoms. The van der Waals surface area contributed by atoms with Crippen LogP contribution in [0.2, 0.25) is 0 Å². The molecule has 1 aromatic rings. The molecule has 2 nitrogen and oxygen atoms in total. The third-order valence-electron chi connectivity index (χ3n) is 2.65. The number of Topliss-reactive ketones (excluding diaryl/α,β-unsaturated/α-hetero) is 1. The highest BCUT2D eigenvalue weighted by atomic mass is 19.1. The van der Waals surface area contributed by atoms with Crippen molar-refractivity contribution in [1.29, 1.82) is 0 Å². The van der Waals surface area contributed by atoms with Crippen molar-refractivity contribution in [2.45, 2.75) is 27.2 Å². The lowest BCUT2D eigenvalue weighted by molar-refractivity contribution is 0.0960. The normalized spacial score (nSPS) is 11.9. The zero-order valence-corrected chi connectivity index (χ0v) is 12.0. The number of carbonyl (C=O) groups is 1. The number of hydrogen-bond acceptors (Lipinski definition) is 2. The van der Waals surface area contributed by atoms with Gasteiger partial charge in [0.05, 0.1) is 0 Å².